The topological polar surface area (TPSA) is 42.0 Å². The van der Waals surface area contributed by atoms with Crippen molar-refractivity contribution < 1.29 is 18.7 Å². The average molecular weight is 441 g/mol. The highest BCUT2D eigenvalue weighted by Crippen LogP contribution is 2.30. The molecule has 0 atom stereocenters. The Morgan fingerprint density at radius 2 is 1.74 bits per heavy atom. The lowest BCUT2D eigenvalue weighted by atomic mass is 10.1. The minimum Gasteiger partial charge on any atom is -0.493 e. The van der Waals surface area contributed by atoms with Crippen LogP contribution in [0.4, 0.5) is 4.39 Å². The summed E-state index contributed by atoms with van der Waals surface area (Å²) in [5.74, 6) is 0.948. The maximum Gasteiger partial charge on any atom is 0.254 e. The van der Waals surface area contributed by atoms with E-state index in [1.54, 1.807) is 55.9 Å². The van der Waals surface area contributed by atoms with Gasteiger partial charge in [0.25, 0.3) is 5.91 Å². The molecule has 4 rings (SSSR count). The molecule has 1 fully saturated rings. The molecule has 1 aromatic heterocycles. The Kier molecular flexibility index (Phi) is 6.53. The molecule has 3 aromatic rings. The van der Waals surface area contributed by atoms with Crippen LogP contribution in [0.25, 0.3) is 10.4 Å². The number of carbonyl (C=O) groups excluding carboxylic acids is 1. The van der Waals surface area contributed by atoms with Gasteiger partial charge in [-0.2, -0.15) is 0 Å². The predicted octanol–water partition coefficient (Wildman–Crippen LogP) is 4.53. The van der Waals surface area contributed by atoms with Gasteiger partial charge in [0.1, 0.15) is 5.82 Å². The van der Waals surface area contributed by atoms with Crippen molar-refractivity contribution in [3.8, 4) is 21.9 Å². The third kappa shape index (κ3) is 4.89. The lowest BCUT2D eigenvalue weighted by molar-refractivity contribution is 0.0629. The zero-order chi connectivity index (χ0) is 21.8. The number of methoxy groups -OCH3 is 2. The van der Waals surface area contributed by atoms with Gasteiger partial charge in [0.15, 0.2) is 11.5 Å². The van der Waals surface area contributed by atoms with Gasteiger partial charge < -0.3 is 14.4 Å². The monoisotopic (exact) mass is 440 g/mol. The second kappa shape index (κ2) is 9.49. The molecule has 1 amide bonds. The van der Waals surface area contributed by atoms with Gasteiger partial charge >= 0.3 is 0 Å². The molecule has 0 saturated carbocycles. The number of piperazine rings is 1. The zero-order valence-corrected chi connectivity index (χ0v) is 18.5. The number of amides is 1. The Labute approximate surface area is 185 Å². The molecular formula is C24H25FN2O3S. The van der Waals surface area contributed by atoms with Crippen LogP contribution in [-0.2, 0) is 6.54 Å². The van der Waals surface area contributed by atoms with E-state index in [9.17, 15) is 9.18 Å². The van der Waals surface area contributed by atoms with Gasteiger partial charge in [-0.25, -0.2) is 4.39 Å². The maximum atomic E-state index is 13.5. The minimum atomic E-state index is -0.220. The number of benzene rings is 2. The number of carbonyl (C=O) groups is 1. The minimum absolute atomic E-state index is 0.00474. The van der Waals surface area contributed by atoms with Crippen LogP contribution < -0.4 is 9.47 Å². The third-order valence-electron chi connectivity index (χ3n) is 5.44. The molecule has 0 aliphatic carbocycles. The van der Waals surface area contributed by atoms with Gasteiger partial charge in [-0.1, -0.05) is 12.1 Å². The first-order valence-electron chi connectivity index (χ1n) is 10.2. The number of hydrogen-bond donors (Lipinski definition) is 0. The predicted molar refractivity (Wildman–Crippen MR) is 120 cm³/mol. The molecule has 0 radical (unpaired) electrons. The van der Waals surface area contributed by atoms with Gasteiger partial charge in [0.2, 0.25) is 0 Å². The van der Waals surface area contributed by atoms with E-state index in [0.29, 0.717) is 30.2 Å². The summed E-state index contributed by atoms with van der Waals surface area (Å²) in [5, 5.41) is 0. The summed E-state index contributed by atoms with van der Waals surface area (Å²) in [6, 6.07) is 16.1. The van der Waals surface area contributed by atoms with Gasteiger partial charge in [-0.15, -0.1) is 11.3 Å². The van der Waals surface area contributed by atoms with Crippen LogP contribution in [0.2, 0.25) is 0 Å². The summed E-state index contributed by atoms with van der Waals surface area (Å²) in [6.07, 6.45) is 0. The van der Waals surface area contributed by atoms with Crippen molar-refractivity contribution in [2.24, 2.45) is 0 Å². The number of nitrogens with zero attached hydrogens (tertiary/aromatic N) is 2. The smallest absolute Gasteiger partial charge is 0.254 e. The first-order chi connectivity index (χ1) is 15.1. The van der Waals surface area contributed by atoms with Gasteiger partial charge in [0.05, 0.1) is 14.2 Å². The van der Waals surface area contributed by atoms with E-state index >= 15 is 0 Å². The fourth-order valence-corrected chi connectivity index (χ4v) is 4.79. The number of ether oxygens (including phenoxy) is 2. The molecule has 5 nitrogen and oxygen atoms in total. The maximum absolute atomic E-state index is 13.5. The van der Waals surface area contributed by atoms with Crippen molar-refractivity contribution in [3.05, 3.63) is 70.9 Å². The van der Waals surface area contributed by atoms with Gasteiger partial charge in [-0.3, -0.25) is 9.69 Å². The molecule has 0 bridgehead atoms. The van der Waals surface area contributed by atoms with E-state index in [0.717, 1.165) is 30.1 Å². The molecule has 0 spiro atoms. The highest BCUT2D eigenvalue weighted by molar-refractivity contribution is 7.15. The van der Waals surface area contributed by atoms with Crippen molar-refractivity contribution in [2.75, 3.05) is 40.4 Å². The quantitative estimate of drug-likeness (QED) is 0.565. The van der Waals surface area contributed by atoms with Crippen molar-refractivity contribution in [1.29, 1.82) is 0 Å². The van der Waals surface area contributed by atoms with Crippen molar-refractivity contribution in [3.63, 3.8) is 0 Å². The summed E-state index contributed by atoms with van der Waals surface area (Å²) < 4.78 is 24.1. The Morgan fingerprint density at radius 1 is 0.968 bits per heavy atom. The van der Waals surface area contributed by atoms with Crippen LogP contribution >= 0.6 is 11.3 Å². The van der Waals surface area contributed by atoms with Crippen LogP contribution in [0.15, 0.2) is 54.6 Å². The van der Waals surface area contributed by atoms with Gasteiger partial charge in [0, 0.05) is 48.0 Å². The Bertz CT molecular complexity index is 1060. The largest absolute Gasteiger partial charge is 0.493 e. The highest BCUT2D eigenvalue weighted by atomic mass is 32.1. The lowest BCUT2D eigenvalue weighted by Gasteiger charge is -2.34. The summed E-state index contributed by atoms with van der Waals surface area (Å²) in [5.41, 5.74) is 1.51. The van der Waals surface area contributed by atoms with Crippen LogP contribution in [0.1, 0.15) is 15.2 Å². The Morgan fingerprint density at radius 3 is 2.45 bits per heavy atom. The molecule has 31 heavy (non-hydrogen) atoms. The van der Waals surface area contributed by atoms with Crippen molar-refractivity contribution >= 4 is 17.2 Å². The molecule has 1 aliphatic rings. The fraction of sp³-hybridized carbons (Fsp3) is 0.292. The zero-order valence-electron chi connectivity index (χ0n) is 17.6. The molecule has 2 heterocycles. The van der Waals surface area contributed by atoms with Crippen LogP contribution in [0, 0.1) is 5.82 Å². The number of thiophene rings is 1. The number of halogens is 1. The second-order valence-electron chi connectivity index (χ2n) is 7.41. The van der Waals surface area contributed by atoms with E-state index < -0.39 is 0 Å². The third-order valence-corrected chi connectivity index (χ3v) is 6.56. The Balaban J connectivity index is 1.34. The van der Waals surface area contributed by atoms with Gasteiger partial charge in [-0.05, 0) is 48.0 Å². The normalized spacial score (nSPS) is 14.5. The van der Waals surface area contributed by atoms with E-state index in [-0.39, 0.29) is 11.7 Å². The van der Waals surface area contributed by atoms with E-state index in [4.69, 9.17) is 9.47 Å². The molecule has 162 valence electrons. The summed E-state index contributed by atoms with van der Waals surface area (Å²) in [6.45, 7) is 3.81. The standard InChI is InChI=1S/C24H25FN2O3S/c1-29-21-8-6-18(15-22(21)30-2)24(28)27-12-10-26(11-13-27)16-20-7-9-23(31-20)17-4-3-5-19(25)14-17/h3-9,14-15H,10-13,16H2,1-2H3. The number of hydrogen-bond acceptors (Lipinski definition) is 5. The molecule has 0 unspecified atom stereocenters. The average Bonchev–Trinajstić information content (AvgIpc) is 3.27. The summed E-state index contributed by atoms with van der Waals surface area (Å²) >= 11 is 1.69. The van der Waals surface area contributed by atoms with E-state index in [1.807, 2.05) is 17.0 Å². The van der Waals surface area contributed by atoms with Crippen molar-refractivity contribution in [2.45, 2.75) is 6.54 Å². The Hall–Kier alpha value is -2.90. The molecular weight excluding hydrogens is 415 g/mol. The molecule has 7 heteroatoms. The highest BCUT2D eigenvalue weighted by Gasteiger charge is 2.23. The lowest BCUT2D eigenvalue weighted by Crippen LogP contribution is -2.48. The molecule has 0 N–H and O–H groups in total. The molecule has 1 saturated heterocycles. The number of rotatable bonds is 6. The first kappa shape index (κ1) is 21.3. The molecule has 1 aliphatic heterocycles. The second-order valence-corrected chi connectivity index (χ2v) is 8.58. The van der Waals surface area contributed by atoms with Crippen LogP contribution in [0.3, 0.4) is 0 Å². The van der Waals surface area contributed by atoms with Crippen LogP contribution in [0.5, 0.6) is 11.5 Å². The van der Waals surface area contributed by atoms with Crippen molar-refractivity contribution in [1.82, 2.24) is 9.80 Å². The van der Waals surface area contributed by atoms with E-state index in [1.165, 1.54) is 10.9 Å². The fourth-order valence-electron chi connectivity index (χ4n) is 3.74. The first-order valence-corrected chi connectivity index (χ1v) is 11.0. The summed E-state index contributed by atoms with van der Waals surface area (Å²) in [7, 11) is 3.14. The summed E-state index contributed by atoms with van der Waals surface area (Å²) in [4.78, 5) is 19.4. The SMILES string of the molecule is COc1ccc(C(=O)N2CCN(Cc3ccc(-c4cccc(F)c4)s3)CC2)cc1OC. The van der Waals surface area contributed by atoms with Crippen LogP contribution in [-0.4, -0.2) is 56.1 Å². The molecule has 2 aromatic carbocycles. The van der Waals surface area contributed by atoms with E-state index in [2.05, 4.69) is 11.0 Å².